The van der Waals surface area contributed by atoms with Gasteiger partial charge in [-0.15, -0.1) is 0 Å². The molecule has 0 saturated heterocycles. The zero-order chi connectivity index (χ0) is 20.5. The van der Waals surface area contributed by atoms with Crippen LogP contribution in [0.4, 0.5) is 17.6 Å². The van der Waals surface area contributed by atoms with Gasteiger partial charge in [0.1, 0.15) is 11.6 Å². The van der Waals surface area contributed by atoms with Crippen LogP contribution in [0.25, 0.3) is 16.7 Å². The molecule has 0 heterocycles. The highest BCUT2D eigenvalue weighted by molar-refractivity contribution is 5.73. The fourth-order valence-electron chi connectivity index (χ4n) is 3.88. The van der Waals surface area contributed by atoms with Crippen LogP contribution in [-0.4, -0.2) is 0 Å². The molecule has 0 spiro atoms. The number of halogens is 4. The molecule has 3 aromatic rings. The van der Waals surface area contributed by atoms with E-state index in [0.717, 1.165) is 47.2 Å². The Labute approximate surface area is 167 Å². The molecule has 29 heavy (non-hydrogen) atoms. The van der Waals surface area contributed by atoms with E-state index >= 15 is 0 Å². The Balaban J connectivity index is 1.65. The zero-order valence-electron chi connectivity index (χ0n) is 16.0. The summed E-state index contributed by atoms with van der Waals surface area (Å²) in [6.45, 7) is 2.05. The summed E-state index contributed by atoms with van der Waals surface area (Å²) in [5, 5.41) is 0. The molecular formula is C25H20F4. The van der Waals surface area contributed by atoms with Crippen LogP contribution in [-0.2, 0) is 19.3 Å². The van der Waals surface area contributed by atoms with Crippen LogP contribution >= 0.6 is 0 Å². The monoisotopic (exact) mass is 396 g/mol. The smallest absolute Gasteiger partial charge is 0.159 e. The first-order chi connectivity index (χ1) is 14.0. The molecule has 3 aromatic carbocycles. The number of allylic oxidation sites excluding steroid dienone is 2. The first kappa shape index (κ1) is 19.4. The van der Waals surface area contributed by atoms with Gasteiger partial charge in [-0.25, -0.2) is 17.6 Å². The Hall–Kier alpha value is -2.88. The molecule has 4 rings (SSSR count). The summed E-state index contributed by atoms with van der Waals surface area (Å²) in [6, 6.07) is 11.7. The fourth-order valence-corrected chi connectivity index (χ4v) is 3.88. The van der Waals surface area contributed by atoms with Crippen molar-refractivity contribution >= 4 is 5.57 Å². The average Bonchev–Trinajstić information content (AvgIpc) is 2.70. The minimum Gasteiger partial charge on any atom is -0.206 e. The first-order valence-electron chi connectivity index (χ1n) is 9.70. The summed E-state index contributed by atoms with van der Waals surface area (Å²) in [4.78, 5) is 0. The second kappa shape index (κ2) is 7.86. The predicted octanol–water partition coefficient (Wildman–Crippen LogP) is 7.04. The molecule has 0 unspecified atom stereocenters. The lowest BCUT2D eigenvalue weighted by molar-refractivity contribution is 0.509. The summed E-state index contributed by atoms with van der Waals surface area (Å²) in [6.07, 6.45) is 4.69. The molecule has 0 atom stereocenters. The SMILES string of the molecule is CCCc1ccc(C2=CCc3cc(-c4ccc(F)c(F)c4)c(F)cc3C2)c(F)c1. The number of hydrogen-bond acceptors (Lipinski definition) is 0. The summed E-state index contributed by atoms with van der Waals surface area (Å²) in [7, 11) is 0. The average molecular weight is 396 g/mol. The van der Waals surface area contributed by atoms with Gasteiger partial charge in [-0.2, -0.15) is 0 Å². The highest BCUT2D eigenvalue weighted by Crippen LogP contribution is 2.34. The second-order valence-electron chi connectivity index (χ2n) is 7.40. The van der Waals surface area contributed by atoms with Gasteiger partial charge in [0.15, 0.2) is 11.6 Å². The third kappa shape index (κ3) is 3.84. The van der Waals surface area contributed by atoms with Crippen molar-refractivity contribution in [3.05, 3.63) is 100 Å². The van der Waals surface area contributed by atoms with Crippen molar-refractivity contribution in [1.82, 2.24) is 0 Å². The van der Waals surface area contributed by atoms with Crippen LogP contribution in [0.2, 0.25) is 0 Å². The Kier molecular flexibility index (Phi) is 5.27. The van der Waals surface area contributed by atoms with Crippen molar-refractivity contribution in [3.8, 4) is 11.1 Å². The molecule has 0 aromatic heterocycles. The maximum Gasteiger partial charge on any atom is 0.159 e. The summed E-state index contributed by atoms with van der Waals surface area (Å²) < 4.78 is 56.1. The van der Waals surface area contributed by atoms with Gasteiger partial charge in [0.25, 0.3) is 0 Å². The van der Waals surface area contributed by atoms with Crippen LogP contribution < -0.4 is 0 Å². The van der Waals surface area contributed by atoms with Crippen molar-refractivity contribution in [1.29, 1.82) is 0 Å². The molecule has 0 aliphatic heterocycles. The van der Waals surface area contributed by atoms with Gasteiger partial charge in [-0.1, -0.05) is 37.6 Å². The van der Waals surface area contributed by atoms with Crippen molar-refractivity contribution in [2.24, 2.45) is 0 Å². The van der Waals surface area contributed by atoms with E-state index in [1.165, 1.54) is 12.1 Å². The van der Waals surface area contributed by atoms with E-state index in [0.29, 0.717) is 18.4 Å². The molecule has 148 valence electrons. The third-order valence-electron chi connectivity index (χ3n) is 5.39. The van der Waals surface area contributed by atoms with Gasteiger partial charge in [0.2, 0.25) is 0 Å². The molecule has 1 aliphatic rings. The van der Waals surface area contributed by atoms with Crippen molar-refractivity contribution < 1.29 is 17.6 Å². The van der Waals surface area contributed by atoms with Crippen molar-refractivity contribution in [2.75, 3.05) is 0 Å². The Morgan fingerprint density at radius 3 is 2.24 bits per heavy atom. The lowest BCUT2D eigenvalue weighted by Crippen LogP contribution is -2.06. The minimum atomic E-state index is -1.01. The quantitative estimate of drug-likeness (QED) is 0.415. The molecule has 1 aliphatic carbocycles. The van der Waals surface area contributed by atoms with E-state index in [4.69, 9.17) is 0 Å². The Morgan fingerprint density at radius 2 is 1.52 bits per heavy atom. The standard InChI is InChI=1S/C25H20F4/c1-2-3-15-4-8-20(23(27)10-15)17-6-5-16-12-21(24(28)14-19(16)11-17)18-7-9-22(26)25(29)13-18/h4,6-10,12-14H,2-3,5,11H2,1H3. The molecule has 0 fully saturated rings. The van der Waals surface area contributed by atoms with Crippen LogP contribution in [0.15, 0.2) is 54.6 Å². The number of aryl methyl sites for hydroxylation is 1. The van der Waals surface area contributed by atoms with Gasteiger partial charge < -0.3 is 0 Å². The lowest BCUT2D eigenvalue weighted by atomic mass is 9.85. The topological polar surface area (TPSA) is 0 Å². The first-order valence-corrected chi connectivity index (χ1v) is 9.70. The summed E-state index contributed by atoms with van der Waals surface area (Å²) in [5.74, 6) is -2.74. The van der Waals surface area contributed by atoms with Gasteiger partial charge in [0.05, 0.1) is 0 Å². The number of hydrogen-bond donors (Lipinski definition) is 0. The van der Waals surface area contributed by atoms with E-state index in [-0.39, 0.29) is 16.9 Å². The predicted molar refractivity (Wildman–Crippen MR) is 108 cm³/mol. The fraction of sp³-hybridized carbons (Fsp3) is 0.200. The Morgan fingerprint density at radius 1 is 0.724 bits per heavy atom. The van der Waals surface area contributed by atoms with Crippen LogP contribution in [0, 0.1) is 23.3 Å². The minimum absolute atomic E-state index is 0.231. The van der Waals surface area contributed by atoms with E-state index in [1.807, 2.05) is 12.1 Å². The van der Waals surface area contributed by atoms with Crippen LogP contribution in [0.5, 0.6) is 0 Å². The summed E-state index contributed by atoms with van der Waals surface area (Å²) in [5.41, 5.74) is 4.54. The highest BCUT2D eigenvalue weighted by atomic mass is 19.2. The normalized spacial score (nSPS) is 13.2. The number of benzene rings is 3. The second-order valence-corrected chi connectivity index (χ2v) is 7.40. The molecule has 0 nitrogen and oxygen atoms in total. The molecule has 0 bridgehead atoms. The third-order valence-corrected chi connectivity index (χ3v) is 5.39. The van der Waals surface area contributed by atoms with Gasteiger partial charge in [-0.05, 0) is 77.4 Å². The maximum absolute atomic E-state index is 14.7. The van der Waals surface area contributed by atoms with E-state index in [9.17, 15) is 17.6 Å². The molecule has 0 N–H and O–H groups in total. The van der Waals surface area contributed by atoms with E-state index in [2.05, 4.69) is 6.92 Å². The molecular weight excluding hydrogens is 376 g/mol. The molecule has 0 amide bonds. The van der Waals surface area contributed by atoms with E-state index in [1.54, 1.807) is 18.2 Å². The van der Waals surface area contributed by atoms with Crippen LogP contribution in [0.3, 0.4) is 0 Å². The van der Waals surface area contributed by atoms with Crippen molar-refractivity contribution in [3.63, 3.8) is 0 Å². The van der Waals surface area contributed by atoms with Gasteiger partial charge >= 0.3 is 0 Å². The van der Waals surface area contributed by atoms with Gasteiger partial charge in [-0.3, -0.25) is 0 Å². The molecule has 0 radical (unpaired) electrons. The van der Waals surface area contributed by atoms with Crippen LogP contribution in [0.1, 0.15) is 35.6 Å². The largest absolute Gasteiger partial charge is 0.206 e. The number of rotatable bonds is 4. The lowest BCUT2D eigenvalue weighted by Gasteiger charge is -2.20. The zero-order valence-corrected chi connectivity index (χ0v) is 16.0. The molecule has 4 heteroatoms. The van der Waals surface area contributed by atoms with Crippen molar-refractivity contribution in [2.45, 2.75) is 32.6 Å². The maximum atomic E-state index is 14.7. The highest BCUT2D eigenvalue weighted by Gasteiger charge is 2.19. The molecule has 0 saturated carbocycles. The van der Waals surface area contributed by atoms with Gasteiger partial charge in [0, 0.05) is 11.1 Å². The number of fused-ring (bicyclic) bond motifs is 1. The Bertz CT molecular complexity index is 1110. The summed E-state index contributed by atoms with van der Waals surface area (Å²) >= 11 is 0. The van der Waals surface area contributed by atoms with E-state index < -0.39 is 17.5 Å².